The van der Waals surface area contributed by atoms with E-state index in [1.165, 1.54) is 11.1 Å². The highest BCUT2D eigenvalue weighted by Crippen LogP contribution is 2.30. The first-order valence-electron chi connectivity index (χ1n) is 9.48. The quantitative estimate of drug-likeness (QED) is 0.827. The number of carbonyl (C=O) groups excluding carboxylic acids is 1. The highest BCUT2D eigenvalue weighted by molar-refractivity contribution is 5.85. The molecule has 0 radical (unpaired) electrons. The molecule has 4 nitrogen and oxygen atoms in total. The summed E-state index contributed by atoms with van der Waals surface area (Å²) in [7, 11) is 0. The summed E-state index contributed by atoms with van der Waals surface area (Å²) in [5.41, 5.74) is 2.47. The highest BCUT2D eigenvalue weighted by atomic mass is 35.5. The number of nitrogens with one attached hydrogen (secondary N) is 2. The second-order valence-corrected chi connectivity index (χ2v) is 7.51. The number of benzene rings is 2. The molecule has 1 saturated heterocycles. The van der Waals surface area contributed by atoms with Gasteiger partial charge in [0, 0.05) is 37.9 Å². The molecule has 0 aromatic heterocycles. The predicted octanol–water partition coefficient (Wildman–Crippen LogP) is 3.45. The van der Waals surface area contributed by atoms with Gasteiger partial charge in [0.1, 0.15) is 11.9 Å². The summed E-state index contributed by atoms with van der Waals surface area (Å²) in [6, 6.07) is 18.7. The molecule has 27 heavy (non-hydrogen) atoms. The van der Waals surface area contributed by atoms with Crippen LogP contribution in [0.3, 0.4) is 0 Å². The van der Waals surface area contributed by atoms with Crippen LogP contribution in [0.25, 0.3) is 0 Å². The van der Waals surface area contributed by atoms with Crippen LogP contribution in [-0.2, 0) is 4.79 Å². The van der Waals surface area contributed by atoms with E-state index in [1.807, 2.05) is 30.3 Å². The molecular formula is C22H27ClN2O2. The molecule has 0 bridgehead atoms. The molecule has 0 unspecified atom stereocenters. The topological polar surface area (TPSA) is 50.4 Å². The second kappa shape index (κ2) is 8.77. The Morgan fingerprint density at radius 3 is 2.44 bits per heavy atom. The standard InChI is InChI=1S/C22H26N2O2.ClH/c1-15-7-9-18(10-8-15)26-19-11-17(12-19)24-22(25)21-14-23-13-20(21)16-5-3-2-4-6-16;/h2-10,17,19-21,23H,11-14H2,1H3,(H,24,25);1H/t17?,19?,20-,21+;/m1./s1. The maximum Gasteiger partial charge on any atom is 0.225 e. The van der Waals surface area contributed by atoms with Gasteiger partial charge in [-0.05, 0) is 24.6 Å². The molecule has 2 fully saturated rings. The SMILES string of the molecule is Cc1ccc(OC2CC(NC(=O)[C@H]3CNC[C@@H]3c3ccccc3)C2)cc1.Cl. The molecule has 0 spiro atoms. The van der Waals surface area contributed by atoms with E-state index in [0.29, 0.717) is 0 Å². The first kappa shape index (κ1) is 19.7. The minimum Gasteiger partial charge on any atom is -0.490 e. The maximum atomic E-state index is 12.7. The lowest BCUT2D eigenvalue weighted by atomic mass is 9.85. The largest absolute Gasteiger partial charge is 0.490 e. The van der Waals surface area contributed by atoms with Gasteiger partial charge in [0.2, 0.25) is 5.91 Å². The predicted molar refractivity (Wildman–Crippen MR) is 110 cm³/mol. The summed E-state index contributed by atoms with van der Waals surface area (Å²) in [6.45, 7) is 3.69. The fraction of sp³-hybridized carbons (Fsp3) is 0.409. The molecule has 2 N–H and O–H groups in total. The molecule has 5 heteroatoms. The van der Waals surface area contributed by atoms with Crippen LogP contribution in [-0.4, -0.2) is 31.1 Å². The van der Waals surface area contributed by atoms with Gasteiger partial charge in [-0.3, -0.25) is 4.79 Å². The fourth-order valence-electron chi connectivity index (χ4n) is 3.90. The molecule has 2 aromatic rings. The molecule has 1 amide bonds. The molecule has 1 aliphatic carbocycles. The zero-order valence-electron chi connectivity index (χ0n) is 15.6. The van der Waals surface area contributed by atoms with E-state index in [4.69, 9.17) is 4.74 Å². The summed E-state index contributed by atoms with van der Waals surface area (Å²) in [5.74, 6) is 1.35. The molecule has 2 atom stereocenters. The van der Waals surface area contributed by atoms with E-state index in [-0.39, 0.29) is 42.3 Å². The van der Waals surface area contributed by atoms with Crippen molar-refractivity contribution in [3.8, 4) is 5.75 Å². The zero-order chi connectivity index (χ0) is 17.9. The van der Waals surface area contributed by atoms with Crippen molar-refractivity contribution in [3.63, 3.8) is 0 Å². The van der Waals surface area contributed by atoms with Crippen molar-refractivity contribution in [3.05, 3.63) is 65.7 Å². The van der Waals surface area contributed by atoms with Gasteiger partial charge in [0.15, 0.2) is 0 Å². The lowest BCUT2D eigenvalue weighted by Gasteiger charge is -2.36. The molecular weight excluding hydrogens is 360 g/mol. The van der Waals surface area contributed by atoms with Crippen LogP contribution in [0.1, 0.15) is 29.9 Å². The van der Waals surface area contributed by atoms with Crippen molar-refractivity contribution in [2.75, 3.05) is 13.1 Å². The third kappa shape index (κ3) is 4.63. The number of hydrogen-bond acceptors (Lipinski definition) is 3. The number of amides is 1. The first-order valence-corrected chi connectivity index (χ1v) is 9.48. The highest BCUT2D eigenvalue weighted by Gasteiger charge is 2.38. The van der Waals surface area contributed by atoms with Gasteiger partial charge in [-0.25, -0.2) is 0 Å². The lowest BCUT2D eigenvalue weighted by molar-refractivity contribution is -0.126. The molecule has 4 rings (SSSR count). The number of ether oxygens (including phenoxy) is 1. The zero-order valence-corrected chi connectivity index (χ0v) is 16.4. The summed E-state index contributed by atoms with van der Waals surface area (Å²) in [5, 5.41) is 6.60. The Labute approximate surface area is 167 Å². The number of aryl methyl sites for hydroxylation is 1. The van der Waals surface area contributed by atoms with Crippen molar-refractivity contribution in [2.24, 2.45) is 5.92 Å². The monoisotopic (exact) mass is 386 g/mol. The Kier molecular flexibility index (Phi) is 6.40. The molecule has 144 valence electrons. The van der Waals surface area contributed by atoms with E-state index in [1.54, 1.807) is 0 Å². The van der Waals surface area contributed by atoms with Crippen LogP contribution in [0.4, 0.5) is 0 Å². The molecule has 2 aliphatic rings. The van der Waals surface area contributed by atoms with Crippen molar-refractivity contribution in [2.45, 2.75) is 37.8 Å². The van der Waals surface area contributed by atoms with Gasteiger partial charge < -0.3 is 15.4 Å². The van der Waals surface area contributed by atoms with E-state index in [0.717, 1.165) is 31.7 Å². The molecule has 1 heterocycles. The van der Waals surface area contributed by atoms with E-state index in [9.17, 15) is 4.79 Å². The molecule has 2 aromatic carbocycles. The maximum absolute atomic E-state index is 12.7. The Hall–Kier alpha value is -2.04. The van der Waals surface area contributed by atoms with Gasteiger partial charge in [-0.15, -0.1) is 12.4 Å². The van der Waals surface area contributed by atoms with Gasteiger partial charge in [0.05, 0.1) is 5.92 Å². The number of halogens is 1. The second-order valence-electron chi connectivity index (χ2n) is 7.51. The number of hydrogen-bond donors (Lipinski definition) is 2. The normalized spacial score (nSPS) is 26.6. The van der Waals surface area contributed by atoms with Crippen molar-refractivity contribution in [1.29, 1.82) is 0 Å². The van der Waals surface area contributed by atoms with E-state index >= 15 is 0 Å². The van der Waals surface area contributed by atoms with E-state index in [2.05, 4.69) is 41.8 Å². The van der Waals surface area contributed by atoms with Crippen LogP contribution in [0, 0.1) is 12.8 Å². The Morgan fingerprint density at radius 2 is 1.74 bits per heavy atom. The van der Waals surface area contributed by atoms with Crippen molar-refractivity contribution >= 4 is 18.3 Å². The van der Waals surface area contributed by atoms with Crippen LogP contribution in [0.5, 0.6) is 5.75 Å². The van der Waals surface area contributed by atoms with Crippen LogP contribution in [0.15, 0.2) is 54.6 Å². The summed E-state index contributed by atoms with van der Waals surface area (Å²) >= 11 is 0. The lowest BCUT2D eigenvalue weighted by Crippen LogP contribution is -2.51. The number of carbonyl (C=O) groups is 1. The number of rotatable bonds is 5. The summed E-state index contributed by atoms with van der Waals surface area (Å²) < 4.78 is 5.97. The van der Waals surface area contributed by atoms with Crippen LogP contribution < -0.4 is 15.4 Å². The van der Waals surface area contributed by atoms with Crippen LogP contribution >= 0.6 is 12.4 Å². The van der Waals surface area contributed by atoms with Gasteiger partial charge in [-0.1, -0.05) is 48.0 Å². The van der Waals surface area contributed by atoms with E-state index < -0.39 is 0 Å². The Morgan fingerprint density at radius 1 is 1.04 bits per heavy atom. The summed E-state index contributed by atoms with van der Waals surface area (Å²) in [4.78, 5) is 12.7. The smallest absolute Gasteiger partial charge is 0.225 e. The minimum atomic E-state index is 0. The minimum absolute atomic E-state index is 0. The van der Waals surface area contributed by atoms with Crippen molar-refractivity contribution in [1.82, 2.24) is 10.6 Å². The fourth-order valence-corrected chi connectivity index (χ4v) is 3.90. The summed E-state index contributed by atoms with van der Waals surface area (Å²) in [6.07, 6.45) is 1.97. The van der Waals surface area contributed by atoms with Gasteiger partial charge in [0.25, 0.3) is 0 Å². The van der Waals surface area contributed by atoms with Gasteiger partial charge >= 0.3 is 0 Å². The third-order valence-corrected chi connectivity index (χ3v) is 5.54. The average Bonchev–Trinajstić information content (AvgIpc) is 3.12. The van der Waals surface area contributed by atoms with Crippen molar-refractivity contribution < 1.29 is 9.53 Å². The molecule has 1 aliphatic heterocycles. The third-order valence-electron chi connectivity index (χ3n) is 5.54. The first-order chi connectivity index (χ1) is 12.7. The van der Waals surface area contributed by atoms with Crippen LogP contribution in [0.2, 0.25) is 0 Å². The average molecular weight is 387 g/mol. The Bertz CT molecular complexity index is 745. The van der Waals surface area contributed by atoms with Gasteiger partial charge in [-0.2, -0.15) is 0 Å². The molecule has 1 saturated carbocycles. The Balaban J connectivity index is 0.00000210.